The molecule has 3 unspecified atom stereocenters. The number of ether oxygens (including phenoxy) is 1. The van der Waals surface area contributed by atoms with E-state index in [4.69, 9.17) is 4.74 Å². The normalized spacial score (nSPS) is 47.7. The van der Waals surface area contributed by atoms with Crippen LogP contribution < -0.4 is 0 Å². The molecule has 1 aliphatic carbocycles. The molecule has 0 bridgehead atoms. The number of epoxide rings is 1. The predicted molar refractivity (Wildman–Crippen MR) is 36.2 cm³/mol. The van der Waals surface area contributed by atoms with Crippen LogP contribution in [0.5, 0.6) is 0 Å². The second-order valence-electron chi connectivity index (χ2n) is 3.62. The van der Waals surface area contributed by atoms with E-state index in [9.17, 15) is 0 Å². The summed E-state index contributed by atoms with van der Waals surface area (Å²) in [6, 6.07) is 0. The average Bonchev–Trinajstić information content (AvgIpc) is 2.43. The number of rotatable bonds is 1. The van der Waals surface area contributed by atoms with Crippen molar-refractivity contribution in [3.8, 4) is 0 Å². The van der Waals surface area contributed by atoms with Crippen LogP contribution in [-0.4, -0.2) is 12.2 Å². The van der Waals surface area contributed by atoms with Gasteiger partial charge in [-0.05, 0) is 24.7 Å². The minimum absolute atomic E-state index is 0.671. The summed E-state index contributed by atoms with van der Waals surface area (Å²) >= 11 is 0. The van der Waals surface area contributed by atoms with Crippen molar-refractivity contribution in [2.45, 2.75) is 38.9 Å². The summed E-state index contributed by atoms with van der Waals surface area (Å²) in [5.74, 6) is 1.72. The van der Waals surface area contributed by atoms with E-state index >= 15 is 0 Å². The van der Waals surface area contributed by atoms with Gasteiger partial charge >= 0.3 is 0 Å². The van der Waals surface area contributed by atoms with E-state index in [0.717, 1.165) is 11.8 Å². The van der Waals surface area contributed by atoms with Crippen LogP contribution in [0, 0.1) is 11.8 Å². The Kier molecular flexibility index (Phi) is 1.10. The van der Waals surface area contributed by atoms with Gasteiger partial charge in [0.1, 0.15) is 0 Å². The molecule has 0 N–H and O–H groups in total. The van der Waals surface area contributed by atoms with Crippen LogP contribution in [-0.2, 0) is 4.74 Å². The molecule has 3 atom stereocenters. The van der Waals surface area contributed by atoms with Crippen molar-refractivity contribution in [1.29, 1.82) is 0 Å². The molecule has 1 saturated heterocycles. The molecule has 0 amide bonds. The lowest BCUT2D eigenvalue weighted by Gasteiger charge is -2.13. The minimum Gasteiger partial charge on any atom is -0.369 e. The monoisotopic (exact) mass is 126 g/mol. The fourth-order valence-electron chi connectivity index (χ4n) is 2.00. The van der Waals surface area contributed by atoms with Gasteiger partial charge in [-0.3, -0.25) is 0 Å². The molecule has 2 fully saturated rings. The van der Waals surface area contributed by atoms with Crippen LogP contribution in [0.25, 0.3) is 0 Å². The maximum Gasteiger partial charge on any atom is 0.0872 e. The summed E-state index contributed by atoms with van der Waals surface area (Å²) in [5.41, 5.74) is 0. The van der Waals surface area contributed by atoms with E-state index in [-0.39, 0.29) is 0 Å². The quantitative estimate of drug-likeness (QED) is 0.488. The third-order valence-corrected chi connectivity index (χ3v) is 2.68. The molecule has 0 radical (unpaired) electrons. The Hall–Kier alpha value is -0.0400. The van der Waals surface area contributed by atoms with Gasteiger partial charge in [-0.25, -0.2) is 0 Å². The summed E-state index contributed by atoms with van der Waals surface area (Å²) in [4.78, 5) is 0. The zero-order valence-corrected chi connectivity index (χ0v) is 6.13. The Balaban J connectivity index is 1.98. The highest BCUT2D eigenvalue weighted by atomic mass is 16.6. The van der Waals surface area contributed by atoms with Crippen molar-refractivity contribution in [1.82, 2.24) is 0 Å². The molecule has 0 aromatic heterocycles. The number of hydrogen-bond donors (Lipinski definition) is 0. The first-order valence-corrected chi connectivity index (χ1v) is 3.94. The maximum absolute atomic E-state index is 5.43. The van der Waals surface area contributed by atoms with Gasteiger partial charge in [-0.1, -0.05) is 13.8 Å². The van der Waals surface area contributed by atoms with E-state index in [1.54, 1.807) is 0 Å². The molecule has 0 aromatic rings. The molecule has 1 aliphatic heterocycles. The van der Waals surface area contributed by atoms with Gasteiger partial charge in [0, 0.05) is 0 Å². The highest BCUT2D eigenvalue weighted by Gasteiger charge is 2.50. The first kappa shape index (κ1) is 5.72. The van der Waals surface area contributed by atoms with E-state index in [2.05, 4.69) is 13.8 Å². The van der Waals surface area contributed by atoms with Crippen molar-refractivity contribution in [3.63, 3.8) is 0 Å². The Morgan fingerprint density at radius 3 is 2.33 bits per heavy atom. The predicted octanol–water partition coefficient (Wildman–Crippen LogP) is 1.82. The molecule has 2 rings (SSSR count). The molecule has 1 nitrogen and oxygen atoms in total. The minimum atomic E-state index is 0.671. The fourth-order valence-corrected chi connectivity index (χ4v) is 2.00. The van der Waals surface area contributed by atoms with E-state index < -0.39 is 0 Å². The maximum atomic E-state index is 5.43. The highest BCUT2D eigenvalue weighted by molar-refractivity contribution is 4.98. The van der Waals surface area contributed by atoms with Crippen molar-refractivity contribution in [2.75, 3.05) is 0 Å². The van der Waals surface area contributed by atoms with Crippen molar-refractivity contribution in [3.05, 3.63) is 0 Å². The van der Waals surface area contributed by atoms with Gasteiger partial charge in [-0.15, -0.1) is 0 Å². The summed E-state index contributed by atoms with van der Waals surface area (Å²) in [7, 11) is 0. The third kappa shape index (κ3) is 0.787. The van der Waals surface area contributed by atoms with Crippen LogP contribution in [0.3, 0.4) is 0 Å². The standard InChI is InChI=1S/C8H14O/c1-5(2)6-3-4-7-8(6)9-7/h5-8H,3-4H2,1-2H3. The van der Waals surface area contributed by atoms with Gasteiger partial charge in [0.2, 0.25) is 0 Å². The molecule has 1 heteroatoms. The van der Waals surface area contributed by atoms with E-state index in [1.807, 2.05) is 0 Å². The van der Waals surface area contributed by atoms with Gasteiger partial charge in [0.25, 0.3) is 0 Å². The van der Waals surface area contributed by atoms with Gasteiger partial charge in [0.05, 0.1) is 12.2 Å². The Morgan fingerprint density at radius 1 is 1.33 bits per heavy atom. The number of fused-ring (bicyclic) bond motifs is 1. The second-order valence-corrected chi connectivity index (χ2v) is 3.62. The molecule has 1 heterocycles. The zero-order valence-electron chi connectivity index (χ0n) is 6.13. The fraction of sp³-hybridized carbons (Fsp3) is 1.00. The highest BCUT2D eigenvalue weighted by Crippen LogP contribution is 2.45. The molecule has 9 heavy (non-hydrogen) atoms. The lowest BCUT2D eigenvalue weighted by Crippen LogP contribution is -2.10. The zero-order chi connectivity index (χ0) is 6.43. The van der Waals surface area contributed by atoms with Crippen LogP contribution in [0.2, 0.25) is 0 Å². The second kappa shape index (κ2) is 1.72. The topological polar surface area (TPSA) is 12.5 Å². The summed E-state index contributed by atoms with van der Waals surface area (Å²) in [6.45, 7) is 4.60. The summed E-state index contributed by atoms with van der Waals surface area (Å²) < 4.78 is 5.43. The molecule has 0 spiro atoms. The lowest BCUT2D eigenvalue weighted by molar-refractivity contribution is 0.226. The number of hydrogen-bond acceptors (Lipinski definition) is 1. The third-order valence-electron chi connectivity index (χ3n) is 2.68. The van der Waals surface area contributed by atoms with Crippen LogP contribution in [0.15, 0.2) is 0 Å². The Bertz CT molecular complexity index is 120. The van der Waals surface area contributed by atoms with Gasteiger partial charge in [-0.2, -0.15) is 0 Å². The van der Waals surface area contributed by atoms with Crippen LogP contribution >= 0.6 is 0 Å². The largest absolute Gasteiger partial charge is 0.369 e. The first-order chi connectivity index (χ1) is 4.29. The molecule has 1 saturated carbocycles. The first-order valence-electron chi connectivity index (χ1n) is 3.94. The SMILES string of the molecule is CC(C)C1CCC2OC21. The Morgan fingerprint density at radius 2 is 2.11 bits per heavy atom. The smallest absolute Gasteiger partial charge is 0.0872 e. The molecular formula is C8H14O. The van der Waals surface area contributed by atoms with Crippen LogP contribution in [0.1, 0.15) is 26.7 Å². The molecule has 2 aliphatic rings. The van der Waals surface area contributed by atoms with E-state index in [1.165, 1.54) is 12.8 Å². The van der Waals surface area contributed by atoms with Crippen molar-refractivity contribution in [2.24, 2.45) is 11.8 Å². The summed E-state index contributed by atoms with van der Waals surface area (Å²) in [5, 5.41) is 0. The van der Waals surface area contributed by atoms with Crippen LogP contribution in [0.4, 0.5) is 0 Å². The average molecular weight is 126 g/mol. The van der Waals surface area contributed by atoms with Gasteiger partial charge in [0.15, 0.2) is 0 Å². The van der Waals surface area contributed by atoms with Crippen molar-refractivity contribution >= 4 is 0 Å². The summed E-state index contributed by atoms with van der Waals surface area (Å²) in [6.07, 6.45) is 4.09. The Labute approximate surface area is 56.4 Å². The van der Waals surface area contributed by atoms with Crippen molar-refractivity contribution < 1.29 is 4.74 Å². The molecule has 0 aromatic carbocycles. The molecule has 52 valence electrons. The van der Waals surface area contributed by atoms with Gasteiger partial charge < -0.3 is 4.74 Å². The van der Waals surface area contributed by atoms with E-state index in [0.29, 0.717) is 12.2 Å². The molecular weight excluding hydrogens is 112 g/mol. The lowest BCUT2D eigenvalue weighted by atomic mass is 9.94.